The molecule has 59 valence electrons. The predicted octanol–water partition coefficient (Wildman–Crippen LogP) is 0.0993. The van der Waals surface area contributed by atoms with Crippen LogP contribution in [-0.4, -0.2) is 24.7 Å². The van der Waals surface area contributed by atoms with E-state index in [0.29, 0.717) is 12.8 Å². The summed E-state index contributed by atoms with van der Waals surface area (Å²) in [7, 11) is 1.62. The second-order valence-electron chi connectivity index (χ2n) is 2.01. The lowest BCUT2D eigenvalue weighted by molar-refractivity contribution is -0.120. The Kier molecular flexibility index (Phi) is 6.18. The van der Waals surface area contributed by atoms with Crippen LogP contribution in [0.4, 0.5) is 0 Å². The summed E-state index contributed by atoms with van der Waals surface area (Å²) in [6.45, 7) is 0.174. The van der Waals surface area contributed by atoms with Crippen molar-refractivity contribution < 1.29 is 9.90 Å². The van der Waals surface area contributed by atoms with E-state index in [9.17, 15) is 4.79 Å². The van der Waals surface area contributed by atoms with E-state index in [1.54, 1.807) is 7.05 Å². The number of unbranched alkanes of at least 4 members (excludes halogenated alkanes) is 2. The van der Waals surface area contributed by atoms with E-state index in [-0.39, 0.29) is 12.5 Å². The Hall–Kier alpha value is -0.570. The molecule has 0 heterocycles. The van der Waals surface area contributed by atoms with Gasteiger partial charge in [0.2, 0.25) is 5.91 Å². The lowest BCUT2D eigenvalue weighted by Gasteiger charge is -1.97. The lowest BCUT2D eigenvalue weighted by atomic mass is 10.2. The van der Waals surface area contributed by atoms with Gasteiger partial charge in [-0.1, -0.05) is 0 Å². The smallest absolute Gasteiger partial charge is 0.219 e. The average Bonchev–Trinajstić information content (AvgIpc) is 1.98. The first-order valence-corrected chi connectivity index (χ1v) is 3.44. The zero-order valence-electron chi connectivity index (χ0n) is 6.26. The number of carbonyl (C=O) groups is 1. The van der Waals surface area contributed by atoms with Crippen molar-refractivity contribution in [2.75, 3.05) is 13.7 Å². The highest BCUT2D eigenvalue weighted by Gasteiger charge is 1.95. The number of amides is 1. The van der Waals surface area contributed by atoms with E-state index >= 15 is 0 Å². The number of aliphatic hydroxyl groups excluding tert-OH is 1. The Labute approximate surface area is 61.4 Å². The third kappa shape index (κ3) is 5.56. The van der Waals surface area contributed by atoms with Gasteiger partial charge in [-0.15, -0.1) is 0 Å². The molecule has 10 heavy (non-hydrogen) atoms. The average molecular weight is 144 g/mol. The molecule has 0 atom stereocenters. The number of carbonyl (C=O) groups excluding carboxylic acids is 1. The summed E-state index contributed by atoms with van der Waals surface area (Å²) in [4.78, 5) is 10.6. The molecule has 2 N–H and O–H groups in total. The Balaban J connectivity index is 2.96. The van der Waals surface area contributed by atoms with Gasteiger partial charge < -0.3 is 10.4 Å². The first-order chi connectivity index (χ1) is 4.81. The zero-order chi connectivity index (χ0) is 7.82. The van der Waals surface area contributed by atoms with Crippen molar-refractivity contribution in [2.45, 2.75) is 19.3 Å². The molecular formula is C7H14NO2. The molecule has 1 amide bonds. The minimum absolute atomic E-state index is 0.0502. The van der Waals surface area contributed by atoms with Crippen LogP contribution in [0, 0.1) is 6.42 Å². The molecule has 3 nitrogen and oxygen atoms in total. The van der Waals surface area contributed by atoms with Crippen LogP contribution in [-0.2, 0) is 4.79 Å². The highest BCUT2D eigenvalue weighted by molar-refractivity contribution is 5.75. The molecule has 0 saturated carbocycles. The van der Waals surface area contributed by atoms with Gasteiger partial charge in [0.05, 0.1) is 0 Å². The van der Waals surface area contributed by atoms with Gasteiger partial charge in [0.15, 0.2) is 0 Å². The maximum atomic E-state index is 10.6. The molecule has 0 aromatic carbocycles. The number of nitrogens with one attached hydrogen (secondary N) is 1. The van der Waals surface area contributed by atoms with Crippen LogP contribution in [0.15, 0.2) is 0 Å². The fraction of sp³-hybridized carbons (Fsp3) is 0.714. The molecule has 0 aromatic rings. The van der Waals surface area contributed by atoms with Crippen molar-refractivity contribution in [3.8, 4) is 0 Å². The molecule has 0 rings (SSSR count). The van der Waals surface area contributed by atoms with Crippen molar-refractivity contribution >= 4 is 5.91 Å². The zero-order valence-corrected chi connectivity index (χ0v) is 6.26. The minimum Gasteiger partial charge on any atom is -0.396 e. The molecule has 0 unspecified atom stereocenters. The van der Waals surface area contributed by atoms with Gasteiger partial charge in [-0.25, -0.2) is 0 Å². The fourth-order valence-electron chi connectivity index (χ4n) is 0.594. The fourth-order valence-corrected chi connectivity index (χ4v) is 0.594. The van der Waals surface area contributed by atoms with Crippen LogP contribution in [0.2, 0.25) is 0 Å². The van der Waals surface area contributed by atoms with E-state index in [1.165, 1.54) is 0 Å². The Morgan fingerprint density at radius 3 is 2.80 bits per heavy atom. The van der Waals surface area contributed by atoms with E-state index in [4.69, 9.17) is 5.11 Å². The van der Waals surface area contributed by atoms with Crippen LogP contribution in [0.25, 0.3) is 0 Å². The first kappa shape index (κ1) is 9.43. The minimum atomic E-state index is 0.0502. The molecule has 0 aliphatic carbocycles. The SMILES string of the molecule is CNC(=O)CC[CH]CCO. The summed E-state index contributed by atoms with van der Waals surface area (Å²) >= 11 is 0. The number of rotatable bonds is 5. The molecule has 3 heteroatoms. The summed E-state index contributed by atoms with van der Waals surface area (Å²) in [6, 6.07) is 0. The van der Waals surface area contributed by atoms with Gasteiger partial charge in [0, 0.05) is 20.1 Å². The molecule has 0 aromatic heterocycles. The van der Waals surface area contributed by atoms with E-state index in [2.05, 4.69) is 5.32 Å². The van der Waals surface area contributed by atoms with E-state index < -0.39 is 0 Å². The molecule has 0 aliphatic rings. The van der Waals surface area contributed by atoms with Gasteiger partial charge in [-0.2, -0.15) is 0 Å². The summed E-state index contributed by atoms with van der Waals surface area (Å²) in [5.41, 5.74) is 0. The van der Waals surface area contributed by atoms with Crippen molar-refractivity contribution in [3.05, 3.63) is 6.42 Å². The van der Waals surface area contributed by atoms with Crippen molar-refractivity contribution in [3.63, 3.8) is 0 Å². The first-order valence-electron chi connectivity index (χ1n) is 3.44. The summed E-state index contributed by atoms with van der Waals surface area (Å²) in [5, 5.41) is 10.9. The molecule has 0 aliphatic heterocycles. The third-order valence-corrected chi connectivity index (χ3v) is 1.19. The second-order valence-corrected chi connectivity index (χ2v) is 2.01. The van der Waals surface area contributed by atoms with Crippen molar-refractivity contribution in [2.24, 2.45) is 0 Å². The molecular weight excluding hydrogens is 130 g/mol. The Morgan fingerprint density at radius 2 is 2.30 bits per heavy atom. The van der Waals surface area contributed by atoms with E-state index in [0.717, 1.165) is 6.42 Å². The number of aliphatic hydroxyl groups is 1. The molecule has 0 saturated heterocycles. The predicted molar refractivity (Wildman–Crippen MR) is 39.3 cm³/mol. The summed E-state index contributed by atoms with van der Waals surface area (Å²) in [6.07, 6.45) is 3.86. The largest absolute Gasteiger partial charge is 0.396 e. The van der Waals surface area contributed by atoms with Crippen molar-refractivity contribution in [1.82, 2.24) is 5.32 Å². The van der Waals surface area contributed by atoms with Gasteiger partial charge in [0.1, 0.15) is 0 Å². The van der Waals surface area contributed by atoms with Crippen LogP contribution in [0.5, 0.6) is 0 Å². The van der Waals surface area contributed by atoms with Crippen molar-refractivity contribution in [1.29, 1.82) is 0 Å². The number of hydrogen-bond acceptors (Lipinski definition) is 2. The van der Waals surface area contributed by atoms with E-state index in [1.807, 2.05) is 6.42 Å². The van der Waals surface area contributed by atoms with Gasteiger partial charge in [-0.05, 0) is 19.3 Å². The van der Waals surface area contributed by atoms with Gasteiger partial charge in [0.25, 0.3) is 0 Å². The standard InChI is InChI=1S/C7H14NO2/c1-8-7(10)5-3-2-4-6-9/h2,9H,3-6H2,1H3,(H,8,10). The molecule has 0 bridgehead atoms. The molecule has 0 spiro atoms. The normalized spacial score (nSPS) is 9.40. The quantitative estimate of drug-likeness (QED) is 0.538. The highest BCUT2D eigenvalue weighted by Crippen LogP contribution is 1.96. The van der Waals surface area contributed by atoms with Crippen LogP contribution < -0.4 is 5.32 Å². The monoisotopic (exact) mass is 144 g/mol. The lowest BCUT2D eigenvalue weighted by Crippen LogP contribution is -2.16. The molecule has 0 fully saturated rings. The summed E-state index contributed by atoms with van der Waals surface area (Å²) < 4.78 is 0. The highest BCUT2D eigenvalue weighted by atomic mass is 16.2. The summed E-state index contributed by atoms with van der Waals surface area (Å²) in [5.74, 6) is 0.0502. The van der Waals surface area contributed by atoms with Gasteiger partial charge in [-0.3, -0.25) is 4.79 Å². The maximum absolute atomic E-state index is 10.6. The van der Waals surface area contributed by atoms with Crippen LogP contribution in [0.1, 0.15) is 19.3 Å². The van der Waals surface area contributed by atoms with Crippen LogP contribution in [0.3, 0.4) is 0 Å². The number of hydrogen-bond donors (Lipinski definition) is 2. The van der Waals surface area contributed by atoms with Crippen LogP contribution >= 0.6 is 0 Å². The topological polar surface area (TPSA) is 49.3 Å². The Bertz CT molecular complexity index is 93.6. The van der Waals surface area contributed by atoms with Gasteiger partial charge >= 0.3 is 0 Å². The maximum Gasteiger partial charge on any atom is 0.219 e. The molecule has 1 radical (unpaired) electrons. The second kappa shape index (κ2) is 6.55. The Morgan fingerprint density at radius 1 is 1.60 bits per heavy atom. The third-order valence-electron chi connectivity index (χ3n) is 1.19.